The van der Waals surface area contributed by atoms with Gasteiger partial charge in [-0.2, -0.15) is 13.2 Å². The van der Waals surface area contributed by atoms with Gasteiger partial charge in [0.25, 0.3) is 0 Å². The molecule has 0 radical (unpaired) electrons. The van der Waals surface area contributed by atoms with Crippen molar-refractivity contribution in [3.8, 4) is 22.7 Å². The number of rotatable bonds is 2. The third-order valence-electron chi connectivity index (χ3n) is 2.98. The molecule has 0 bridgehead atoms. The molecule has 0 saturated carbocycles. The second-order valence-electron chi connectivity index (χ2n) is 4.47. The van der Waals surface area contributed by atoms with E-state index < -0.39 is 17.6 Å². The highest BCUT2D eigenvalue weighted by atomic mass is 19.4. The molecule has 0 atom stereocenters. The van der Waals surface area contributed by atoms with Crippen LogP contribution >= 0.6 is 0 Å². The molecule has 112 valence electrons. The zero-order chi connectivity index (χ0) is 15.7. The molecule has 1 aromatic carbocycles. The van der Waals surface area contributed by atoms with Gasteiger partial charge in [-0.3, -0.25) is 4.98 Å². The van der Waals surface area contributed by atoms with Crippen LogP contribution in [-0.4, -0.2) is 9.97 Å². The molecule has 0 unspecified atom stereocenters. The third-order valence-corrected chi connectivity index (χ3v) is 2.98. The Kier molecular flexibility index (Phi) is 3.40. The van der Waals surface area contributed by atoms with Gasteiger partial charge in [-0.15, -0.1) is 0 Å². The first-order chi connectivity index (χ1) is 10.4. The first kappa shape index (κ1) is 14.2. The fraction of sp³-hybridized carbons (Fsp3) is 0.0667. The van der Waals surface area contributed by atoms with E-state index in [1.54, 1.807) is 6.07 Å². The highest BCUT2D eigenvalue weighted by Gasteiger charge is 2.35. The first-order valence-electron chi connectivity index (χ1n) is 6.18. The number of oxazole rings is 1. The maximum atomic E-state index is 13.2. The van der Waals surface area contributed by atoms with E-state index in [1.165, 1.54) is 24.5 Å². The largest absolute Gasteiger partial charge is 0.444 e. The van der Waals surface area contributed by atoms with Crippen LogP contribution in [0.1, 0.15) is 5.56 Å². The van der Waals surface area contributed by atoms with Gasteiger partial charge in [-0.05, 0) is 18.2 Å². The van der Waals surface area contributed by atoms with Crippen molar-refractivity contribution in [2.45, 2.75) is 6.18 Å². The fourth-order valence-corrected chi connectivity index (χ4v) is 1.99. The Balaban J connectivity index is 2.06. The van der Waals surface area contributed by atoms with Gasteiger partial charge in [0, 0.05) is 18.0 Å². The Bertz CT molecular complexity index is 811. The molecule has 7 heteroatoms. The Morgan fingerprint density at radius 3 is 2.64 bits per heavy atom. The summed E-state index contributed by atoms with van der Waals surface area (Å²) in [5.41, 5.74) is -0.508. The summed E-state index contributed by atoms with van der Waals surface area (Å²) in [7, 11) is 0. The van der Waals surface area contributed by atoms with Crippen molar-refractivity contribution in [2.75, 3.05) is 0 Å². The second-order valence-corrected chi connectivity index (χ2v) is 4.47. The van der Waals surface area contributed by atoms with E-state index >= 15 is 0 Å². The van der Waals surface area contributed by atoms with Crippen molar-refractivity contribution in [2.24, 2.45) is 0 Å². The third kappa shape index (κ3) is 2.69. The summed E-state index contributed by atoms with van der Waals surface area (Å²) in [6.07, 6.45) is -1.30. The molecule has 0 saturated heterocycles. The number of hydrogen-bond donors (Lipinski definition) is 0. The predicted octanol–water partition coefficient (Wildman–Crippen LogP) is 4.56. The number of halogens is 4. The molecule has 3 rings (SSSR count). The zero-order valence-electron chi connectivity index (χ0n) is 10.9. The summed E-state index contributed by atoms with van der Waals surface area (Å²) in [4.78, 5) is 7.66. The molecule has 22 heavy (non-hydrogen) atoms. The molecule has 3 nitrogen and oxygen atoms in total. The van der Waals surface area contributed by atoms with Crippen molar-refractivity contribution in [3.63, 3.8) is 0 Å². The maximum absolute atomic E-state index is 13.2. The lowest BCUT2D eigenvalue weighted by Gasteiger charge is -2.09. The van der Waals surface area contributed by atoms with E-state index in [1.807, 2.05) is 0 Å². The quantitative estimate of drug-likeness (QED) is 0.651. The average molecular weight is 308 g/mol. The van der Waals surface area contributed by atoms with Gasteiger partial charge in [0.2, 0.25) is 5.89 Å². The van der Waals surface area contributed by atoms with Gasteiger partial charge in [0.1, 0.15) is 17.8 Å². The molecule has 0 aliphatic heterocycles. The fourth-order valence-electron chi connectivity index (χ4n) is 1.99. The highest BCUT2D eigenvalue weighted by Crippen LogP contribution is 2.36. The van der Waals surface area contributed by atoms with Crippen LogP contribution in [-0.2, 0) is 6.18 Å². The molecule has 2 heterocycles. The lowest BCUT2D eigenvalue weighted by Crippen LogP contribution is -2.07. The van der Waals surface area contributed by atoms with Gasteiger partial charge < -0.3 is 4.42 Å². The van der Waals surface area contributed by atoms with E-state index in [2.05, 4.69) is 9.97 Å². The number of alkyl halides is 3. The first-order valence-corrected chi connectivity index (χ1v) is 6.18. The number of benzene rings is 1. The smallest absolute Gasteiger partial charge is 0.417 e. The summed E-state index contributed by atoms with van der Waals surface area (Å²) < 4.78 is 57.2. The van der Waals surface area contributed by atoms with Crippen molar-refractivity contribution < 1.29 is 22.0 Å². The summed E-state index contributed by atoms with van der Waals surface area (Å²) in [6.45, 7) is 0. The SMILES string of the molecule is Fc1cccc(-c2coc(-c3cnccc3C(F)(F)F)n2)c1. The highest BCUT2D eigenvalue weighted by molar-refractivity contribution is 5.64. The molecular formula is C15H8F4N2O. The van der Waals surface area contributed by atoms with Crippen LogP contribution in [0.2, 0.25) is 0 Å². The molecule has 0 spiro atoms. The number of hydrogen-bond acceptors (Lipinski definition) is 3. The van der Waals surface area contributed by atoms with E-state index in [0.717, 1.165) is 18.5 Å². The molecular weight excluding hydrogens is 300 g/mol. The Morgan fingerprint density at radius 2 is 1.91 bits per heavy atom. The summed E-state index contributed by atoms with van der Waals surface area (Å²) >= 11 is 0. The molecule has 0 fully saturated rings. The Morgan fingerprint density at radius 1 is 1.09 bits per heavy atom. The second kappa shape index (κ2) is 5.25. The minimum atomic E-state index is -4.55. The van der Waals surface area contributed by atoms with E-state index in [9.17, 15) is 17.6 Å². The molecule has 2 aromatic heterocycles. The molecule has 0 N–H and O–H groups in total. The minimum absolute atomic E-state index is 0.223. The normalized spacial score (nSPS) is 11.6. The molecule has 3 aromatic rings. The van der Waals surface area contributed by atoms with Crippen LogP contribution in [0.25, 0.3) is 22.7 Å². The Hall–Kier alpha value is -2.70. The maximum Gasteiger partial charge on any atom is 0.417 e. The summed E-state index contributed by atoms with van der Waals surface area (Å²) in [6, 6.07) is 6.38. The number of nitrogens with zero attached hydrogens (tertiary/aromatic N) is 2. The van der Waals surface area contributed by atoms with Gasteiger partial charge in [-0.1, -0.05) is 12.1 Å². The number of aromatic nitrogens is 2. The van der Waals surface area contributed by atoms with Gasteiger partial charge >= 0.3 is 6.18 Å². The number of pyridine rings is 1. The van der Waals surface area contributed by atoms with Crippen LogP contribution in [0, 0.1) is 5.82 Å². The standard InChI is InChI=1S/C15H8F4N2O/c16-10-3-1-2-9(6-10)13-8-22-14(21-13)11-7-20-5-4-12(11)15(17,18)19/h1-8H. The van der Waals surface area contributed by atoms with Crippen LogP contribution in [0.3, 0.4) is 0 Å². The minimum Gasteiger partial charge on any atom is -0.444 e. The summed E-state index contributed by atoms with van der Waals surface area (Å²) in [5.74, 6) is -0.695. The van der Waals surface area contributed by atoms with Crippen molar-refractivity contribution >= 4 is 0 Å². The zero-order valence-corrected chi connectivity index (χ0v) is 10.9. The topological polar surface area (TPSA) is 38.9 Å². The van der Waals surface area contributed by atoms with Crippen LogP contribution < -0.4 is 0 Å². The predicted molar refractivity (Wildman–Crippen MR) is 70.1 cm³/mol. The van der Waals surface area contributed by atoms with Gasteiger partial charge in [-0.25, -0.2) is 9.37 Å². The molecule has 0 amide bonds. The van der Waals surface area contributed by atoms with Crippen LogP contribution in [0.15, 0.2) is 53.4 Å². The van der Waals surface area contributed by atoms with Gasteiger partial charge in [0.15, 0.2) is 0 Å². The van der Waals surface area contributed by atoms with E-state index in [-0.39, 0.29) is 17.1 Å². The monoisotopic (exact) mass is 308 g/mol. The lowest BCUT2D eigenvalue weighted by molar-refractivity contribution is -0.137. The van der Waals surface area contributed by atoms with Crippen LogP contribution in [0.4, 0.5) is 17.6 Å². The van der Waals surface area contributed by atoms with Crippen molar-refractivity contribution in [1.82, 2.24) is 9.97 Å². The van der Waals surface area contributed by atoms with E-state index in [4.69, 9.17) is 4.42 Å². The average Bonchev–Trinajstić information content (AvgIpc) is 2.96. The van der Waals surface area contributed by atoms with Crippen molar-refractivity contribution in [3.05, 3.63) is 60.4 Å². The van der Waals surface area contributed by atoms with Gasteiger partial charge in [0.05, 0.1) is 11.1 Å². The van der Waals surface area contributed by atoms with E-state index in [0.29, 0.717) is 5.56 Å². The molecule has 0 aliphatic carbocycles. The molecule has 0 aliphatic rings. The Labute approximate surface area is 122 Å². The summed E-state index contributed by atoms with van der Waals surface area (Å²) in [5, 5.41) is 0. The lowest BCUT2D eigenvalue weighted by atomic mass is 10.1. The van der Waals surface area contributed by atoms with Crippen LogP contribution in [0.5, 0.6) is 0 Å². The van der Waals surface area contributed by atoms with Crippen molar-refractivity contribution in [1.29, 1.82) is 0 Å².